The lowest BCUT2D eigenvalue weighted by atomic mass is 10.0. The summed E-state index contributed by atoms with van der Waals surface area (Å²) in [7, 11) is 0. The predicted molar refractivity (Wildman–Crippen MR) is 329 cm³/mol. The molecule has 6 heteroatoms. The largest absolute Gasteiger partial charge is 0.466 e. The van der Waals surface area contributed by atoms with Crippen molar-refractivity contribution in [2.75, 3.05) is 13.2 Å². The number of allylic oxidation sites excluding steroid dienone is 6. The molecular formula is C69H131NO5. The molecule has 0 bridgehead atoms. The minimum atomic E-state index is -0.664. The Labute approximate surface area is 468 Å². The minimum Gasteiger partial charge on any atom is -0.466 e. The monoisotopic (exact) mass is 1050 g/mol. The van der Waals surface area contributed by atoms with Gasteiger partial charge in [0.15, 0.2) is 0 Å². The highest BCUT2D eigenvalue weighted by Gasteiger charge is 2.20. The second-order valence-corrected chi connectivity index (χ2v) is 23.1. The Morgan fingerprint density at radius 2 is 0.680 bits per heavy atom. The maximum Gasteiger partial charge on any atom is 0.305 e. The van der Waals surface area contributed by atoms with Gasteiger partial charge >= 0.3 is 5.97 Å². The summed E-state index contributed by atoms with van der Waals surface area (Å²) in [5, 5.41) is 23.3. The van der Waals surface area contributed by atoms with E-state index >= 15 is 0 Å². The van der Waals surface area contributed by atoms with Crippen molar-refractivity contribution >= 4 is 11.9 Å². The molecule has 0 spiro atoms. The normalized spacial score (nSPS) is 12.7. The Bertz CT molecular complexity index is 1210. The molecule has 3 N–H and O–H groups in total. The molecule has 0 aliphatic carbocycles. The number of unbranched alkanes of at least 4 members (excludes halogenated alkanes) is 46. The van der Waals surface area contributed by atoms with Gasteiger partial charge in [0, 0.05) is 12.8 Å². The fraction of sp³-hybridized carbons (Fsp3) is 0.884. The first kappa shape index (κ1) is 73.1. The van der Waals surface area contributed by atoms with Crippen LogP contribution in [-0.2, 0) is 14.3 Å². The van der Waals surface area contributed by atoms with Gasteiger partial charge in [-0.2, -0.15) is 0 Å². The first-order chi connectivity index (χ1) is 37.0. The minimum absolute atomic E-state index is 0.00138. The molecule has 2 unspecified atom stereocenters. The average Bonchev–Trinajstić information content (AvgIpc) is 3.41. The van der Waals surface area contributed by atoms with E-state index in [1.807, 2.05) is 0 Å². The Hall–Kier alpha value is -1.92. The number of aliphatic hydroxyl groups is 2. The van der Waals surface area contributed by atoms with Gasteiger partial charge in [-0.1, -0.05) is 314 Å². The third-order valence-corrected chi connectivity index (χ3v) is 15.7. The molecule has 0 fully saturated rings. The van der Waals surface area contributed by atoms with E-state index in [0.717, 1.165) is 51.4 Å². The zero-order chi connectivity index (χ0) is 54.3. The van der Waals surface area contributed by atoms with Crippen molar-refractivity contribution in [1.29, 1.82) is 0 Å². The predicted octanol–water partition coefficient (Wildman–Crippen LogP) is 21.5. The SMILES string of the molecule is CCCC/C=C\C/C=C\CCCCCCCC(=O)OCCCCCCCCCCCCCC/C=C\CCCCCCCCCCCCCCC(=O)NC(CO)C(O)CCCCCCCCCCCCCCCCCC. The summed E-state index contributed by atoms with van der Waals surface area (Å²) in [6.45, 7) is 4.93. The van der Waals surface area contributed by atoms with E-state index in [4.69, 9.17) is 4.74 Å². The number of aliphatic hydroxyl groups excluding tert-OH is 2. The van der Waals surface area contributed by atoms with Crippen molar-refractivity contribution in [2.24, 2.45) is 0 Å². The molecule has 2 atom stereocenters. The van der Waals surface area contributed by atoms with Crippen LogP contribution in [0.3, 0.4) is 0 Å². The topological polar surface area (TPSA) is 95.9 Å². The third kappa shape index (κ3) is 61.2. The summed E-state index contributed by atoms with van der Waals surface area (Å²) >= 11 is 0. The van der Waals surface area contributed by atoms with Crippen LogP contribution in [0.2, 0.25) is 0 Å². The van der Waals surface area contributed by atoms with E-state index in [9.17, 15) is 19.8 Å². The van der Waals surface area contributed by atoms with E-state index < -0.39 is 12.1 Å². The van der Waals surface area contributed by atoms with E-state index in [1.165, 1.54) is 283 Å². The molecule has 0 aliphatic heterocycles. The summed E-state index contributed by atoms with van der Waals surface area (Å²) in [5.41, 5.74) is 0. The maximum absolute atomic E-state index is 12.5. The van der Waals surface area contributed by atoms with Crippen LogP contribution in [0.1, 0.15) is 367 Å². The highest BCUT2D eigenvalue weighted by molar-refractivity contribution is 5.76. The lowest BCUT2D eigenvalue weighted by Gasteiger charge is -2.22. The number of amides is 1. The van der Waals surface area contributed by atoms with Gasteiger partial charge in [0.2, 0.25) is 5.91 Å². The molecule has 0 aromatic heterocycles. The Morgan fingerprint density at radius 3 is 1.07 bits per heavy atom. The number of carbonyl (C=O) groups is 2. The molecule has 0 radical (unpaired) electrons. The summed E-state index contributed by atoms with van der Waals surface area (Å²) in [5.74, 6) is -0.0311. The van der Waals surface area contributed by atoms with Gasteiger partial charge in [0.1, 0.15) is 0 Å². The van der Waals surface area contributed by atoms with Crippen LogP contribution in [0.15, 0.2) is 36.5 Å². The van der Waals surface area contributed by atoms with Crippen LogP contribution >= 0.6 is 0 Å². The van der Waals surface area contributed by atoms with Gasteiger partial charge < -0.3 is 20.3 Å². The van der Waals surface area contributed by atoms with Gasteiger partial charge in [-0.25, -0.2) is 0 Å². The molecule has 0 aliphatic rings. The lowest BCUT2D eigenvalue weighted by molar-refractivity contribution is -0.143. The molecule has 0 rings (SSSR count). The smallest absolute Gasteiger partial charge is 0.305 e. The number of rotatable bonds is 63. The second kappa shape index (κ2) is 64.6. The Balaban J connectivity index is 3.38. The summed E-state index contributed by atoms with van der Waals surface area (Å²) in [6.07, 6.45) is 81.8. The van der Waals surface area contributed by atoms with E-state index in [-0.39, 0.29) is 18.5 Å². The Kier molecular flexibility index (Phi) is 63.0. The van der Waals surface area contributed by atoms with Gasteiger partial charge in [-0.3, -0.25) is 9.59 Å². The number of carbonyl (C=O) groups excluding carboxylic acids is 2. The fourth-order valence-corrected chi connectivity index (χ4v) is 10.5. The second-order valence-electron chi connectivity index (χ2n) is 23.1. The van der Waals surface area contributed by atoms with Gasteiger partial charge in [0.25, 0.3) is 0 Å². The highest BCUT2D eigenvalue weighted by Crippen LogP contribution is 2.18. The standard InChI is InChI=1S/C69H131NO5/c1-3-5-7-9-11-13-15-17-19-34-37-41-45-49-53-57-61-67(72)66(65-71)70-68(73)62-58-54-50-46-42-38-35-32-30-28-26-24-22-20-21-23-25-27-29-31-33-36-40-44-48-52-56-60-64-75-69(74)63-59-55-51-47-43-39-18-16-14-12-10-8-6-4-2/h10,12,16,18,20-21,66-67,71-72H,3-9,11,13-15,17,19,22-65H2,1-2H3,(H,70,73)/b12-10-,18-16-,21-20-. The summed E-state index contributed by atoms with van der Waals surface area (Å²) in [6, 6.07) is -0.542. The van der Waals surface area contributed by atoms with Crippen molar-refractivity contribution in [3.63, 3.8) is 0 Å². The van der Waals surface area contributed by atoms with Crippen molar-refractivity contribution in [3.8, 4) is 0 Å². The van der Waals surface area contributed by atoms with Crippen molar-refractivity contribution in [1.82, 2.24) is 5.32 Å². The molecule has 6 nitrogen and oxygen atoms in total. The van der Waals surface area contributed by atoms with Crippen LogP contribution in [0.5, 0.6) is 0 Å². The molecule has 0 saturated heterocycles. The van der Waals surface area contributed by atoms with E-state index in [1.54, 1.807) is 0 Å². The van der Waals surface area contributed by atoms with Crippen molar-refractivity contribution in [2.45, 2.75) is 379 Å². The number of esters is 1. The third-order valence-electron chi connectivity index (χ3n) is 15.7. The summed E-state index contributed by atoms with van der Waals surface area (Å²) in [4.78, 5) is 24.6. The molecule has 1 amide bonds. The van der Waals surface area contributed by atoms with E-state index in [0.29, 0.717) is 25.9 Å². The van der Waals surface area contributed by atoms with Crippen LogP contribution in [0, 0.1) is 0 Å². The Morgan fingerprint density at radius 1 is 0.373 bits per heavy atom. The van der Waals surface area contributed by atoms with Crippen molar-refractivity contribution < 1.29 is 24.5 Å². The first-order valence-electron chi connectivity index (χ1n) is 33.7. The number of nitrogens with one attached hydrogen (secondary N) is 1. The average molecular weight is 1050 g/mol. The molecule has 0 aromatic rings. The fourth-order valence-electron chi connectivity index (χ4n) is 10.5. The molecule has 75 heavy (non-hydrogen) atoms. The first-order valence-corrected chi connectivity index (χ1v) is 33.7. The maximum atomic E-state index is 12.5. The van der Waals surface area contributed by atoms with Crippen LogP contribution in [0.4, 0.5) is 0 Å². The van der Waals surface area contributed by atoms with Gasteiger partial charge in [0.05, 0.1) is 25.4 Å². The molecular weight excluding hydrogens is 923 g/mol. The van der Waals surface area contributed by atoms with Gasteiger partial charge in [-0.05, 0) is 77.0 Å². The molecule has 0 aromatic carbocycles. The number of hydrogen-bond acceptors (Lipinski definition) is 5. The van der Waals surface area contributed by atoms with Crippen LogP contribution in [-0.4, -0.2) is 47.4 Å². The lowest BCUT2D eigenvalue weighted by Crippen LogP contribution is -2.45. The number of ether oxygens (including phenoxy) is 1. The van der Waals surface area contributed by atoms with Crippen LogP contribution < -0.4 is 5.32 Å². The highest BCUT2D eigenvalue weighted by atomic mass is 16.5. The van der Waals surface area contributed by atoms with Gasteiger partial charge in [-0.15, -0.1) is 0 Å². The molecule has 442 valence electrons. The molecule has 0 saturated carbocycles. The quantitative estimate of drug-likeness (QED) is 0.0320. The zero-order valence-electron chi connectivity index (χ0n) is 50.5. The van der Waals surface area contributed by atoms with Crippen LogP contribution in [0.25, 0.3) is 0 Å². The summed E-state index contributed by atoms with van der Waals surface area (Å²) < 4.78 is 5.48. The number of hydrogen-bond donors (Lipinski definition) is 3. The van der Waals surface area contributed by atoms with Crippen molar-refractivity contribution in [3.05, 3.63) is 36.5 Å². The van der Waals surface area contributed by atoms with E-state index in [2.05, 4.69) is 55.6 Å². The molecule has 0 heterocycles. The zero-order valence-corrected chi connectivity index (χ0v) is 50.5.